The monoisotopic (exact) mass is 381 g/mol. The van der Waals surface area contributed by atoms with Crippen LogP contribution in [0.25, 0.3) is 11.1 Å². The number of benzene rings is 2. The number of para-hydroxylation sites is 1. The number of hydrogen-bond donors (Lipinski definition) is 2. The van der Waals surface area contributed by atoms with E-state index in [0.717, 1.165) is 22.6 Å². The van der Waals surface area contributed by atoms with Crippen molar-refractivity contribution >= 4 is 11.7 Å². The molecule has 1 unspecified atom stereocenters. The molecule has 148 valence electrons. The molecule has 1 atom stereocenters. The Labute approximate surface area is 165 Å². The highest BCUT2D eigenvalue weighted by molar-refractivity contribution is 5.88. The molecule has 1 aliphatic heterocycles. The van der Waals surface area contributed by atoms with E-state index in [1.807, 2.05) is 63.2 Å². The zero-order valence-corrected chi connectivity index (χ0v) is 16.6. The van der Waals surface area contributed by atoms with Gasteiger partial charge in [0, 0.05) is 18.0 Å². The lowest BCUT2D eigenvalue weighted by molar-refractivity contribution is -0.000423. The van der Waals surface area contributed by atoms with Crippen molar-refractivity contribution in [2.45, 2.75) is 38.8 Å². The molecular formula is C22H27N3O3. The normalized spacial score (nSPS) is 18.4. The Morgan fingerprint density at radius 3 is 2.64 bits per heavy atom. The summed E-state index contributed by atoms with van der Waals surface area (Å²) in [6, 6.07) is 18.0. The molecule has 6 nitrogen and oxygen atoms in total. The van der Waals surface area contributed by atoms with Gasteiger partial charge in [0.2, 0.25) is 0 Å². The zero-order chi connectivity index (χ0) is 20.0. The van der Waals surface area contributed by atoms with Gasteiger partial charge in [-0.25, -0.2) is 4.79 Å². The molecule has 2 N–H and O–H groups in total. The Morgan fingerprint density at radius 2 is 1.89 bits per heavy atom. The molecule has 0 aromatic heterocycles. The molecule has 0 bridgehead atoms. The first kappa shape index (κ1) is 19.7. The van der Waals surface area contributed by atoms with Crippen LogP contribution in [0, 0.1) is 0 Å². The molecule has 0 radical (unpaired) electrons. The van der Waals surface area contributed by atoms with Gasteiger partial charge in [-0.3, -0.25) is 0 Å². The van der Waals surface area contributed by atoms with Crippen LogP contribution in [0.2, 0.25) is 0 Å². The Kier molecular flexibility index (Phi) is 6.19. The second-order valence-corrected chi connectivity index (χ2v) is 7.51. The summed E-state index contributed by atoms with van der Waals surface area (Å²) in [5.41, 5.74) is 2.40. The van der Waals surface area contributed by atoms with E-state index in [1.165, 1.54) is 0 Å². The number of urea groups is 1. The summed E-state index contributed by atoms with van der Waals surface area (Å²) in [6.07, 6.45) is 0.600. The molecule has 3 rings (SSSR count). The minimum Gasteiger partial charge on any atom is -0.487 e. The number of rotatable bonds is 7. The summed E-state index contributed by atoms with van der Waals surface area (Å²) in [6.45, 7) is 6.48. The number of amides is 2. The average molecular weight is 381 g/mol. The third-order valence-electron chi connectivity index (χ3n) is 4.38. The van der Waals surface area contributed by atoms with Gasteiger partial charge in [-0.05, 0) is 32.4 Å². The van der Waals surface area contributed by atoms with Gasteiger partial charge in [-0.15, -0.1) is 0 Å². The van der Waals surface area contributed by atoms with Crippen LogP contribution in [-0.4, -0.2) is 36.5 Å². The van der Waals surface area contributed by atoms with E-state index < -0.39 is 5.60 Å². The largest absolute Gasteiger partial charge is 0.487 e. The molecular weight excluding hydrogens is 354 g/mol. The number of nitrogens with one attached hydrogen (secondary N) is 2. The van der Waals surface area contributed by atoms with E-state index in [2.05, 4.69) is 27.9 Å². The third-order valence-corrected chi connectivity index (χ3v) is 4.38. The predicted molar refractivity (Wildman–Crippen MR) is 111 cm³/mol. The number of hydrogen-bond acceptors (Lipinski definition) is 4. The van der Waals surface area contributed by atoms with Gasteiger partial charge >= 0.3 is 6.03 Å². The van der Waals surface area contributed by atoms with Crippen molar-refractivity contribution in [3.05, 3.63) is 54.6 Å². The lowest BCUT2D eigenvalue weighted by Crippen LogP contribution is -2.46. The summed E-state index contributed by atoms with van der Waals surface area (Å²) < 4.78 is 6.04. The van der Waals surface area contributed by atoms with E-state index in [1.54, 1.807) is 0 Å². The van der Waals surface area contributed by atoms with Gasteiger partial charge in [0.15, 0.2) is 5.60 Å². The lowest BCUT2D eigenvalue weighted by atomic mass is 10.00. The highest BCUT2D eigenvalue weighted by atomic mass is 16.7. The molecule has 1 aliphatic rings. The smallest absolute Gasteiger partial charge is 0.315 e. The standard InChI is InChI=1S/C22H27N3O3/c1-16(2)24-21(26)23-15-22(3)13-18(25-28-22)14-27-20-12-8-7-11-19(20)17-9-5-4-6-10-17/h4-12,16H,13-15H2,1-3H3,(H2,23,24,26). The summed E-state index contributed by atoms with van der Waals surface area (Å²) in [5, 5.41) is 9.79. The summed E-state index contributed by atoms with van der Waals surface area (Å²) in [4.78, 5) is 17.4. The maximum atomic E-state index is 11.8. The Morgan fingerprint density at radius 1 is 1.18 bits per heavy atom. The fourth-order valence-electron chi connectivity index (χ4n) is 3.03. The first-order valence-corrected chi connectivity index (χ1v) is 9.51. The number of ether oxygens (including phenoxy) is 1. The number of oxime groups is 1. The van der Waals surface area contributed by atoms with Crippen molar-refractivity contribution in [1.29, 1.82) is 0 Å². The lowest BCUT2D eigenvalue weighted by Gasteiger charge is -2.22. The van der Waals surface area contributed by atoms with E-state index in [-0.39, 0.29) is 12.1 Å². The molecule has 2 aromatic rings. The van der Waals surface area contributed by atoms with Crippen molar-refractivity contribution in [3.8, 4) is 16.9 Å². The van der Waals surface area contributed by atoms with Crippen LogP contribution in [0.15, 0.2) is 59.8 Å². The predicted octanol–water partition coefficient (Wildman–Crippen LogP) is 3.98. The van der Waals surface area contributed by atoms with E-state index in [0.29, 0.717) is 19.6 Å². The minimum atomic E-state index is -0.564. The third kappa shape index (κ3) is 5.25. The molecule has 0 fully saturated rings. The Bertz CT molecular complexity index is 836. The fraction of sp³-hybridized carbons (Fsp3) is 0.364. The van der Waals surface area contributed by atoms with Crippen LogP contribution in [-0.2, 0) is 4.84 Å². The van der Waals surface area contributed by atoms with Gasteiger partial charge < -0.3 is 20.2 Å². The van der Waals surface area contributed by atoms with E-state index in [4.69, 9.17) is 9.57 Å². The SMILES string of the molecule is CC(C)NC(=O)NCC1(C)CC(COc2ccccc2-c2ccccc2)=NO1. The molecule has 1 heterocycles. The molecule has 2 amide bonds. The number of carbonyl (C=O) groups is 1. The van der Waals surface area contributed by atoms with Crippen molar-refractivity contribution < 1.29 is 14.4 Å². The first-order valence-electron chi connectivity index (χ1n) is 9.51. The quantitative estimate of drug-likeness (QED) is 0.762. The van der Waals surface area contributed by atoms with Crippen molar-refractivity contribution in [2.75, 3.05) is 13.2 Å². The number of nitrogens with zero attached hydrogens (tertiary/aromatic N) is 1. The van der Waals surface area contributed by atoms with Crippen molar-refractivity contribution in [3.63, 3.8) is 0 Å². The van der Waals surface area contributed by atoms with Crippen LogP contribution in [0.3, 0.4) is 0 Å². The minimum absolute atomic E-state index is 0.0854. The maximum absolute atomic E-state index is 11.8. The Hall–Kier alpha value is -3.02. The topological polar surface area (TPSA) is 72.0 Å². The van der Waals surface area contributed by atoms with Crippen LogP contribution in [0.1, 0.15) is 27.2 Å². The van der Waals surface area contributed by atoms with Crippen molar-refractivity contribution in [2.24, 2.45) is 5.16 Å². The van der Waals surface area contributed by atoms with Gasteiger partial charge in [-0.1, -0.05) is 53.7 Å². The molecule has 2 aromatic carbocycles. The highest BCUT2D eigenvalue weighted by Crippen LogP contribution is 2.30. The van der Waals surface area contributed by atoms with E-state index in [9.17, 15) is 4.79 Å². The average Bonchev–Trinajstić information content (AvgIpc) is 3.07. The molecule has 0 saturated carbocycles. The first-order chi connectivity index (χ1) is 13.5. The van der Waals surface area contributed by atoms with Crippen LogP contribution >= 0.6 is 0 Å². The van der Waals surface area contributed by atoms with Gasteiger partial charge in [0.25, 0.3) is 0 Å². The summed E-state index contributed by atoms with van der Waals surface area (Å²) >= 11 is 0. The zero-order valence-electron chi connectivity index (χ0n) is 16.6. The molecule has 0 saturated heterocycles. The highest BCUT2D eigenvalue weighted by Gasteiger charge is 2.35. The van der Waals surface area contributed by atoms with E-state index >= 15 is 0 Å². The molecule has 6 heteroatoms. The fourth-order valence-corrected chi connectivity index (χ4v) is 3.03. The van der Waals surface area contributed by atoms with Gasteiger partial charge in [0.05, 0.1) is 12.3 Å². The van der Waals surface area contributed by atoms with Crippen LogP contribution in [0.5, 0.6) is 5.75 Å². The molecule has 28 heavy (non-hydrogen) atoms. The van der Waals surface area contributed by atoms with Gasteiger partial charge in [0.1, 0.15) is 12.4 Å². The summed E-state index contributed by atoms with van der Waals surface area (Å²) in [7, 11) is 0. The van der Waals surface area contributed by atoms with Gasteiger partial charge in [-0.2, -0.15) is 0 Å². The summed E-state index contributed by atoms with van der Waals surface area (Å²) in [5.74, 6) is 0.805. The number of carbonyl (C=O) groups excluding carboxylic acids is 1. The molecule has 0 spiro atoms. The maximum Gasteiger partial charge on any atom is 0.315 e. The second kappa shape index (κ2) is 8.78. The van der Waals surface area contributed by atoms with Crippen LogP contribution in [0.4, 0.5) is 4.79 Å². The Balaban J connectivity index is 1.55. The van der Waals surface area contributed by atoms with Crippen LogP contribution < -0.4 is 15.4 Å². The van der Waals surface area contributed by atoms with Crippen molar-refractivity contribution in [1.82, 2.24) is 10.6 Å². The second-order valence-electron chi connectivity index (χ2n) is 7.51. The molecule has 0 aliphatic carbocycles.